The van der Waals surface area contributed by atoms with E-state index in [-0.39, 0.29) is 0 Å². The number of hydrogen-bond acceptors (Lipinski definition) is 5. The summed E-state index contributed by atoms with van der Waals surface area (Å²) in [5.41, 5.74) is 0.999. The maximum absolute atomic E-state index is 12.1. The van der Waals surface area contributed by atoms with Gasteiger partial charge in [0.15, 0.2) is 6.04 Å². The van der Waals surface area contributed by atoms with Crippen LogP contribution in [0.2, 0.25) is 0 Å². The molecule has 2 aromatic rings. The van der Waals surface area contributed by atoms with E-state index in [2.05, 4.69) is 15.4 Å². The standard InChI is InChI=1S/C18H20N2O5/c1-24-14-10-8-12(9-11-14)16(21)15(17(22)25-2)20-18(23)19-13-6-4-3-5-7-13/h3-11,15-16,21H,1-2H3,(H2,19,20,23). The van der Waals surface area contributed by atoms with E-state index in [1.807, 2.05) is 6.07 Å². The Morgan fingerprint density at radius 3 is 2.20 bits per heavy atom. The number of para-hydroxylation sites is 1. The molecule has 0 heterocycles. The van der Waals surface area contributed by atoms with Crippen LogP contribution in [0, 0.1) is 0 Å². The first-order chi connectivity index (χ1) is 12.0. The van der Waals surface area contributed by atoms with Crippen molar-refractivity contribution in [1.29, 1.82) is 0 Å². The van der Waals surface area contributed by atoms with Crippen molar-refractivity contribution in [3.05, 3.63) is 60.2 Å². The van der Waals surface area contributed by atoms with Crippen LogP contribution in [0.5, 0.6) is 5.75 Å². The zero-order chi connectivity index (χ0) is 18.2. The number of esters is 1. The van der Waals surface area contributed by atoms with E-state index in [4.69, 9.17) is 4.74 Å². The molecule has 3 N–H and O–H groups in total. The van der Waals surface area contributed by atoms with Gasteiger partial charge in [0.1, 0.15) is 11.9 Å². The summed E-state index contributed by atoms with van der Waals surface area (Å²) in [5.74, 6) is -0.146. The lowest BCUT2D eigenvalue weighted by molar-refractivity contribution is -0.145. The summed E-state index contributed by atoms with van der Waals surface area (Å²) in [7, 11) is 2.71. The number of nitrogens with one attached hydrogen (secondary N) is 2. The minimum Gasteiger partial charge on any atom is -0.497 e. The highest BCUT2D eigenvalue weighted by Gasteiger charge is 2.30. The van der Waals surface area contributed by atoms with Crippen LogP contribution >= 0.6 is 0 Å². The van der Waals surface area contributed by atoms with Crippen LogP contribution in [0.15, 0.2) is 54.6 Å². The Bertz CT molecular complexity index is 703. The molecule has 132 valence electrons. The molecule has 25 heavy (non-hydrogen) atoms. The molecule has 2 aromatic carbocycles. The van der Waals surface area contributed by atoms with Gasteiger partial charge in [0, 0.05) is 5.69 Å². The summed E-state index contributed by atoms with van der Waals surface area (Å²) < 4.78 is 9.74. The van der Waals surface area contributed by atoms with Gasteiger partial charge in [0.2, 0.25) is 0 Å². The fourth-order valence-electron chi connectivity index (χ4n) is 2.22. The second-order valence-electron chi connectivity index (χ2n) is 5.18. The second-order valence-corrected chi connectivity index (χ2v) is 5.18. The normalized spacial score (nSPS) is 12.6. The maximum atomic E-state index is 12.1. The molecule has 0 aliphatic carbocycles. The number of aliphatic hydroxyl groups is 1. The first-order valence-electron chi connectivity index (χ1n) is 7.57. The molecule has 0 spiro atoms. The van der Waals surface area contributed by atoms with E-state index >= 15 is 0 Å². The fourth-order valence-corrected chi connectivity index (χ4v) is 2.22. The minimum absolute atomic E-state index is 0.441. The predicted molar refractivity (Wildman–Crippen MR) is 92.4 cm³/mol. The number of urea groups is 1. The highest BCUT2D eigenvalue weighted by Crippen LogP contribution is 2.21. The predicted octanol–water partition coefficient (Wildman–Crippen LogP) is 2.09. The van der Waals surface area contributed by atoms with Gasteiger partial charge in [-0.05, 0) is 29.8 Å². The second kappa shape index (κ2) is 8.70. The number of ether oxygens (including phenoxy) is 2. The Morgan fingerprint density at radius 1 is 1.00 bits per heavy atom. The number of benzene rings is 2. The van der Waals surface area contributed by atoms with Gasteiger partial charge in [-0.1, -0.05) is 30.3 Å². The molecule has 0 aliphatic rings. The third kappa shape index (κ3) is 4.95. The quantitative estimate of drug-likeness (QED) is 0.697. The Labute approximate surface area is 145 Å². The van der Waals surface area contributed by atoms with E-state index in [0.29, 0.717) is 17.0 Å². The molecule has 2 amide bonds. The van der Waals surface area contributed by atoms with Gasteiger partial charge >= 0.3 is 12.0 Å². The molecule has 7 heteroatoms. The number of amides is 2. The van der Waals surface area contributed by atoms with Crippen molar-refractivity contribution >= 4 is 17.7 Å². The smallest absolute Gasteiger partial charge is 0.331 e. The van der Waals surface area contributed by atoms with Crippen LogP contribution < -0.4 is 15.4 Å². The molecule has 2 unspecified atom stereocenters. The van der Waals surface area contributed by atoms with Gasteiger partial charge < -0.3 is 25.2 Å². The van der Waals surface area contributed by atoms with E-state index in [9.17, 15) is 14.7 Å². The lowest BCUT2D eigenvalue weighted by atomic mass is 10.0. The number of carbonyl (C=O) groups excluding carboxylic acids is 2. The topological polar surface area (TPSA) is 96.9 Å². The zero-order valence-corrected chi connectivity index (χ0v) is 13.9. The highest BCUT2D eigenvalue weighted by atomic mass is 16.5. The van der Waals surface area contributed by atoms with E-state index < -0.39 is 24.1 Å². The molecule has 0 aromatic heterocycles. The molecule has 7 nitrogen and oxygen atoms in total. The summed E-state index contributed by atoms with van der Waals surface area (Å²) in [6.45, 7) is 0. The van der Waals surface area contributed by atoms with Gasteiger partial charge in [-0.25, -0.2) is 9.59 Å². The largest absolute Gasteiger partial charge is 0.497 e. The van der Waals surface area contributed by atoms with Crippen LogP contribution in [-0.2, 0) is 9.53 Å². The summed E-state index contributed by atoms with van der Waals surface area (Å²) in [6.07, 6.45) is -1.28. The van der Waals surface area contributed by atoms with Crippen LogP contribution in [0.1, 0.15) is 11.7 Å². The van der Waals surface area contributed by atoms with Gasteiger partial charge in [-0.15, -0.1) is 0 Å². The summed E-state index contributed by atoms with van der Waals surface area (Å²) in [6, 6.07) is 13.4. The molecular weight excluding hydrogens is 324 g/mol. The average Bonchev–Trinajstić information content (AvgIpc) is 2.66. The van der Waals surface area contributed by atoms with Crippen molar-refractivity contribution in [2.45, 2.75) is 12.1 Å². The van der Waals surface area contributed by atoms with Crippen molar-refractivity contribution < 1.29 is 24.2 Å². The SMILES string of the molecule is COC(=O)C(NC(=O)Nc1ccccc1)C(O)c1ccc(OC)cc1. The summed E-state index contributed by atoms with van der Waals surface area (Å²) >= 11 is 0. The summed E-state index contributed by atoms with van der Waals surface area (Å²) in [5, 5.41) is 15.5. The fraction of sp³-hybridized carbons (Fsp3) is 0.222. The van der Waals surface area contributed by atoms with Crippen molar-refractivity contribution in [2.75, 3.05) is 19.5 Å². The molecule has 0 saturated carbocycles. The van der Waals surface area contributed by atoms with Gasteiger partial charge in [-0.3, -0.25) is 0 Å². The first-order valence-corrected chi connectivity index (χ1v) is 7.57. The van der Waals surface area contributed by atoms with Gasteiger partial charge in [0.05, 0.1) is 14.2 Å². The van der Waals surface area contributed by atoms with Crippen LogP contribution in [0.25, 0.3) is 0 Å². The monoisotopic (exact) mass is 344 g/mol. The lowest BCUT2D eigenvalue weighted by Crippen LogP contribution is -2.47. The van der Waals surface area contributed by atoms with Crippen LogP contribution in [0.4, 0.5) is 10.5 Å². The van der Waals surface area contributed by atoms with Crippen molar-refractivity contribution in [1.82, 2.24) is 5.32 Å². The third-order valence-electron chi connectivity index (χ3n) is 3.55. The Morgan fingerprint density at radius 2 is 1.64 bits per heavy atom. The number of methoxy groups -OCH3 is 2. The zero-order valence-electron chi connectivity index (χ0n) is 13.9. The maximum Gasteiger partial charge on any atom is 0.331 e. The van der Waals surface area contributed by atoms with Crippen LogP contribution in [0.3, 0.4) is 0 Å². The first kappa shape index (κ1) is 18.3. The Balaban J connectivity index is 2.11. The molecule has 2 rings (SSSR count). The molecule has 0 bridgehead atoms. The lowest BCUT2D eigenvalue weighted by Gasteiger charge is -2.22. The number of hydrogen-bond donors (Lipinski definition) is 3. The molecule has 0 aliphatic heterocycles. The van der Waals surface area contributed by atoms with Crippen molar-refractivity contribution in [2.24, 2.45) is 0 Å². The molecule has 0 fully saturated rings. The average molecular weight is 344 g/mol. The Kier molecular flexibility index (Phi) is 6.36. The van der Waals surface area contributed by atoms with E-state index in [1.165, 1.54) is 14.2 Å². The molecule has 0 saturated heterocycles. The number of anilines is 1. The number of aliphatic hydroxyl groups excluding tert-OH is 1. The van der Waals surface area contributed by atoms with Crippen LogP contribution in [-0.4, -0.2) is 37.4 Å². The number of rotatable bonds is 6. The molecule has 2 atom stereocenters. The minimum atomic E-state index is -1.28. The third-order valence-corrected chi connectivity index (χ3v) is 3.55. The van der Waals surface area contributed by atoms with Crippen molar-refractivity contribution in [3.63, 3.8) is 0 Å². The van der Waals surface area contributed by atoms with E-state index in [1.54, 1.807) is 48.5 Å². The van der Waals surface area contributed by atoms with Gasteiger partial charge in [0.25, 0.3) is 0 Å². The van der Waals surface area contributed by atoms with Gasteiger partial charge in [-0.2, -0.15) is 0 Å². The molecular formula is C18H20N2O5. The molecule has 0 radical (unpaired) electrons. The van der Waals surface area contributed by atoms with Crippen molar-refractivity contribution in [3.8, 4) is 5.75 Å². The van der Waals surface area contributed by atoms with E-state index in [0.717, 1.165) is 0 Å². The summed E-state index contributed by atoms with van der Waals surface area (Å²) in [4.78, 5) is 24.1. The number of carbonyl (C=O) groups is 2. The highest BCUT2D eigenvalue weighted by molar-refractivity contribution is 5.92. The Hall–Kier alpha value is -3.06.